The lowest BCUT2D eigenvalue weighted by Gasteiger charge is -2.25. The molecule has 2 nitrogen and oxygen atoms in total. The van der Waals surface area contributed by atoms with E-state index in [1.807, 2.05) is 6.26 Å². The van der Waals surface area contributed by atoms with Gasteiger partial charge in [-0.05, 0) is 57.7 Å². The number of hydrogen-bond donors (Lipinski definition) is 1. The van der Waals surface area contributed by atoms with E-state index in [0.29, 0.717) is 5.92 Å². The molecule has 0 aliphatic carbocycles. The van der Waals surface area contributed by atoms with Crippen LogP contribution in [0.1, 0.15) is 46.1 Å². The minimum absolute atomic E-state index is 0.211. The van der Waals surface area contributed by atoms with Gasteiger partial charge < -0.3 is 9.73 Å². The van der Waals surface area contributed by atoms with Crippen molar-refractivity contribution < 1.29 is 4.42 Å². The fraction of sp³-hybridized carbons (Fsp3) is 0.714. The van der Waals surface area contributed by atoms with Crippen LogP contribution in [-0.2, 0) is 6.42 Å². The van der Waals surface area contributed by atoms with Crippen molar-refractivity contribution in [2.24, 2.45) is 5.92 Å². The Morgan fingerprint density at radius 3 is 2.62 bits per heavy atom. The molecule has 0 aliphatic rings. The van der Waals surface area contributed by atoms with E-state index in [4.69, 9.17) is 4.42 Å². The summed E-state index contributed by atoms with van der Waals surface area (Å²) < 4.78 is 5.12. The molecule has 1 heterocycles. The Balaban J connectivity index is 2.41. The molecule has 2 heteroatoms. The summed E-state index contributed by atoms with van der Waals surface area (Å²) in [6.07, 6.45) is 7.26. The second-order valence-electron chi connectivity index (χ2n) is 5.62. The number of hydrogen-bond acceptors (Lipinski definition) is 2. The smallest absolute Gasteiger partial charge is 0.0934 e. The van der Waals surface area contributed by atoms with Crippen molar-refractivity contribution in [3.8, 4) is 0 Å². The average molecular weight is 223 g/mol. The lowest BCUT2D eigenvalue weighted by molar-refractivity contribution is 0.354. The summed E-state index contributed by atoms with van der Waals surface area (Å²) in [6, 6.07) is 2.07. The zero-order valence-corrected chi connectivity index (χ0v) is 11.0. The summed E-state index contributed by atoms with van der Waals surface area (Å²) in [5.41, 5.74) is 1.52. The molecule has 1 aromatic heterocycles. The topological polar surface area (TPSA) is 25.2 Å². The zero-order valence-electron chi connectivity index (χ0n) is 11.0. The van der Waals surface area contributed by atoms with Crippen molar-refractivity contribution in [3.05, 3.63) is 24.2 Å². The van der Waals surface area contributed by atoms with Gasteiger partial charge in [0.15, 0.2) is 0 Å². The first-order chi connectivity index (χ1) is 7.51. The largest absolute Gasteiger partial charge is 0.472 e. The molecule has 0 aliphatic heterocycles. The molecule has 0 spiro atoms. The molecule has 0 bridgehead atoms. The second kappa shape index (κ2) is 6.09. The van der Waals surface area contributed by atoms with Crippen molar-refractivity contribution in [2.75, 3.05) is 6.54 Å². The van der Waals surface area contributed by atoms with Crippen molar-refractivity contribution in [2.45, 2.75) is 52.5 Å². The Bertz CT molecular complexity index is 271. The van der Waals surface area contributed by atoms with E-state index in [-0.39, 0.29) is 5.54 Å². The highest BCUT2D eigenvalue weighted by molar-refractivity contribution is 5.06. The van der Waals surface area contributed by atoms with Gasteiger partial charge >= 0.3 is 0 Å². The van der Waals surface area contributed by atoms with Crippen LogP contribution >= 0.6 is 0 Å². The highest BCUT2D eigenvalue weighted by Gasteiger charge is 2.14. The molecule has 0 radical (unpaired) electrons. The lowest BCUT2D eigenvalue weighted by Crippen LogP contribution is -2.39. The minimum atomic E-state index is 0.211. The van der Waals surface area contributed by atoms with Crippen LogP contribution in [0.3, 0.4) is 0 Å². The molecule has 1 N–H and O–H groups in total. The van der Waals surface area contributed by atoms with Crippen molar-refractivity contribution in [1.82, 2.24) is 5.32 Å². The normalized spacial score (nSPS) is 14.0. The molecular weight excluding hydrogens is 198 g/mol. The van der Waals surface area contributed by atoms with Crippen molar-refractivity contribution in [1.29, 1.82) is 0 Å². The fourth-order valence-corrected chi connectivity index (χ4v) is 1.88. The van der Waals surface area contributed by atoms with Crippen LogP contribution in [0.15, 0.2) is 23.0 Å². The molecule has 1 atom stereocenters. The Kier molecular flexibility index (Phi) is 5.07. The summed E-state index contributed by atoms with van der Waals surface area (Å²) in [4.78, 5) is 0. The summed E-state index contributed by atoms with van der Waals surface area (Å²) in [7, 11) is 0. The molecule has 1 unspecified atom stereocenters. The van der Waals surface area contributed by atoms with Crippen molar-refractivity contribution >= 4 is 0 Å². The minimum Gasteiger partial charge on any atom is -0.472 e. The monoisotopic (exact) mass is 223 g/mol. The summed E-state index contributed by atoms with van der Waals surface area (Å²) in [5, 5.41) is 3.59. The third-order valence-corrected chi connectivity index (χ3v) is 2.72. The Morgan fingerprint density at radius 2 is 2.12 bits per heavy atom. The standard InChI is InChI=1S/C14H25NO/c1-5-6-12(10-15-14(2,3)4)9-13-7-8-16-11-13/h7-8,11-12,15H,5-6,9-10H2,1-4H3. The Hall–Kier alpha value is -0.760. The molecule has 92 valence electrons. The number of rotatable bonds is 6. The fourth-order valence-electron chi connectivity index (χ4n) is 1.88. The Labute approximate surface area is 99.4 Å². The maximum absolute atomic E-state index is 5.12. The van der Waals surface area contributed by atoms with Gasteiger partial charge in [-0.2, -0.15) is 0 Å². The van der Waals surface area contributed by atoms with E-state index in [2.05, 4.69) is 39.1 Å². The molecule has 0 saturated heterocycles. The van der Waals surface area contributed by atoms with Crippen LogP contribution in [0.5, 0.6) is 0 Å². The maximum atomic E-state index is 5.12. The highest BCUT2D eigenvalue weighted by Crippen LogP contribution is 2.15. The first kappa shape index (κ1) is 13.3. The van der Waals surface area contributed by atoms with Gasteiger partial charge in [-0.3, -0.25) is 0 Å². The van der Waals surface area contributed by atoms with Crippen molar-refractivity contribution in [3.63, 3.8) is 0 Å². The van der Waals surface area contributed by atoms with Crippen LogP contribution in [0.4, 0.5) is 0 Å². The predicted molar refractivity (Wildman–Crippen MR) is 68.6 cm³/mol. The molecule has 0 amide bonds. The van der Waals surface area contributed by atoms with E-state index in [1.54, 1.807) is 6.26 Å². The number of nitrogens with one attached hydrogen (secondary N) is 1. The third-order valence-electron chi connectivity index (χ3n) is 2.72. The van der Waals surface area contributed by atoms with Gasteiger partial charge in [0.1, 0.15) is 0 Å². The number of furan rings is 1. The third kappa shape index (κ3) is 5.36. The molecule has 1 rings (SSSR count). The SMILES string of the molecule is CCCC(CNC(C)(C)C)Cc1ccoc1. The van der Waals surface area contributed by atoms with Gasteiger partial charge in [-0.1, -0.05) is 13.3 Å². The van der Waals surface area contributed by atoms with E-state index in [9.17, 15) is 0 Å². The van der Waals surface area contributed by atoms with Crippen LogP contribution in [0.2, 0.25) is 0 Å². The van der Waals surface area contributed by atoms with Gasteiger partial charge in [0.2, 0.25) is 0 Å². The van der Waals surface area contributed by atoms with E-state index in [1.165, 1.54) is 18.4 Å². The van der Waals surface area contributed by atoms with Gasteiger partial charge in [-0.15, -0.1) is 0 Å². The molecule has 1 aromatic rings. The highest BCUT2D eigenvalue weighted by atomic mass is 16.3. The van der Waals surface area contributed by atoms with Crippen LogP contribution in [0.25, 0.3) is 0 Å². The summed E-state index contributed by atoms with van der Waals surface area (Å²) in [6.45, 7) is 9.98. The van der Waals surface area contributed by atoms with Gasteiger partial charge in [0.05, 0.1) is 12.5 Å². The van der Waals surface area contributed by atoms with Crippen LogP contribution in [-0.4, -0.2) is 12.1 Å². The van der Waals surface area contributed by atoms with E-state index >= 15 is 0 Å². The average Bonchev–Trinajstić information content (AvgIpc) is 2.66. The molecule has 0 saturated carbocycles. The first-order valence-electron chi connectivity index (χ1n) is 6.27. The summed E-state index contributed by atoms with van der Waals surface area (Å²) >= 11 is 0. The first-order valence-corrected chi connectivity index (χ1v) is 6.27. The van der Waals surface area contributed by atoms with Crippen LogP contribution in [0, 0.1) is 5.92 Å². The summed E-state index contributed by atoms with van der Waals surface area (Å²) in [5.74, 6) is 0.710. The van der Waals surface area contributed by atoms with E-state index < -0.39 is 0 Å². The van der Waals surface area contributed by atoms with Gasteiger partial charge in [0, 0.05) is 5.54 Å². The molecular formula is C14H25NO. The second-order valence-corrected chi connectivity index (χ2v) is 5.62. The predicted octanol–water partition coefficient (Wildman–Crippen LogP) is 3.63. The maximum Gasteiger partial charge on any atom is 0.0934 e. The van der Waals surface area contributed by atoms with Gasteiger partial charge in [-0.25, -0.2) is 0 Å². The van der Waals surface area contributed by atoms with Gasteiger partial charge in [0.25, 0.3) is 0 Å². The molecule has 0 fully saturated rings. The Morgan fingerprint density at radius 1 is 1.38 bits per heavy atom. The lowest BCUT2D eigenvalue weighted by atomic mass is 9.95. The quantitative estimate of drug-likeness (QED) is 0.796. The molecule has 16 heavy (non-hydrogen) atoms. The van der Waals surface area contributed by atoms with E-state index in [0.717, 1.165) is 13.0 Å². The molecule has 0 aromatic carbocycles. The zero-order chi connectivity index (χ0) is 12.0. The van der Waals surface area contributed by atoms with Crippen LogP contribution < -0.4 is 5.32 Å².